The fourth-order valence-electron chi connectivity index (χ4n) is 7.64. The summed E-state index contributed by atoms with van der Waals surface area (Å²) in [4.78, 5) is 0. The number of hydrogen-bond donors (Lipinski definition) is 0. The van der Waals surface area contributed by atoms with Crippen LogP contribution in [0.25, 0.3) is 93.2 Å². The lowest BCUT2D eigenvalue weighted by Crippen LogP contribution is -1.93. The van der Waals surface area contributed by atoms with Crippen molar-refractivity contribution < 1.29 is 4.42 Å². The van der Waals surface area contributed by atoms with Gasteiger partial charge in [0.2, 0.25) is 0 Å². The van der Waals surface area contributed by atoms with Gasteiger partial charge in [0.25, 0.3) is 0 Å². The number of furan rings is 1. The minimum atomic E-state index is 0.900. The second kappa shape index (κ2) is 9.69. The van der Waals surface area contributed by atoms with E-state index in [1.807, 2.05) is 0 Å². The van der Waals surface area contributed by atoms with Crippen molar-refractivity contribution in [1.82, 2.24) is 4.57 Å². The van der Waals surface area contributed by atoms with E-state index in [4.69, 9.17) is 4.42 Å². The molecule has 0 atom stereocenters. The van der Waals surface area contributed by atoms with Crippen molar-refractivity contribution in [2.24, 2.45) is 0 Å². The van der Waals surface area contributed by atoms with Crippen LogP contribution in [-0.4, -0.2) is 4.57 Å². The molecule has 0 fully saturated rings. The molecular formula is C44H27NO. The van der Waals surface area contributed by atoms with Crippen molar-refractivity contribution in [2.75, 3.05) is 0 Å². The lowest BCUT2D eigenvalue weighted by Gasteiger charge is -2.16. The summed E-state index contributed by atoms with van der Waals surface area (Å²) in [6, 6.07) is 58.9. The van der Waals surface area contributed by atoms with Gasteiger partial charge in [0.15, 0.2) is 0 Å². The van der Waals surface area contributed by atoms with Crippen LogP contribution in [0, 0.1) is 0 Å². The standard InChI is InChI=1S/C44H27NO/c1-2-15-30(16-3-1)45-38-23-10-8-18-32(38)37-27-29(25-26-39(37)45)41-34-19-6-7-20-35(34)42(33-22-12-14-28-13-4-5-17-31(28)33)44-43(41)36-21-9-11-24-40(36)46-44/h1-27H. The van der Waals surface area contributed by atoms with Crippen molar-refractivity contribution >= 4 is 65.3 Å². The van der Waals surface area contributed by atoms with Crippen molar-refractivity contribution in [3.63, 3.8) is 0 Å². The summed E-state index contributed by atoms with van der Waals surface area (Å²) in [5.41, 5.74) is 10.1. The average molecular weight is 586 g/mol. The quantitative estimate of drug-likeness (QED) is 0.202. The molecule has 0 radical (unpaired) electrons. The van der Waals surface area contributed by atoms with Crippen LogP contribution in [0.1, 0.15) is 0 Å². The van der Waals surface area contributed by atoms with Crippen molar-refractivity contribution in [3.8, 4) is 27.9 Å². The molecule has 0 saturated heterocycles. The normalized spacial score (nSPS) is 11.9. The van der Waals surface area contributed by atoms with E-state index in [0.717, 1.165) is 33.2 Å². The van der Waals surface area contributed by atoms with Gasteiger partial charge >= 0.3 is 0 Å². The summed E-state index contributed by atoms with van der Waals surface area (Å²) >= 11 is 0. The molecule has 10 rings (SSSR count). The minimum Gasteiger partial charge on any atom is -0.455 e. The van der Waals surface area contributed by atoms with Crippen LogP contribution in [0.4, 0.5) is 0 Å². The van der Waals surface area contributed by atoms with E-state index < -0.39 is 0 Å². The van der Waals surface area contributed by atoms with Gasteiger partial charge < -0.3 is 8.98 Å². The molecule has 0 saturated carbocycles. The minimum absolute atomic E-state index is 0.900. The molecule has 214 valence electrons. The number of rotatable bonds is 3. The first-order chi connectivity index (χ1) is 22.8. The SMILES string of the molecule is c1ccc(-n2c3ccccc3c3cc(-c4c5ccccc5c(-c5cccc6ccccc56)c5oc6ccccc6c45)ccc32)cc1. The Morgan fingerprint density at radius 3 is 1.89 bits per heavy atom. The molecule has 2 heterocycles. The van der Waals surface area contributed by atoms with Gasteiger partial charge in [0, 0.05) is 38.4 Å². The van der Waals surface area contributed by atoms with Gasteiger partial charge in [-0.25, -0.2) is 0 Å². The fraction of sp³-hybridized carbons (Fsp3) is 0. The molecule has 2 nitrogen and oxygen atoms in total. The lowest BCUT2D eigenvalue weighted by atomic mass is 9.86. The Morgan fingerprint density at radius 1 is 0.413 bits per heavy atom. The average Bonchev–Trinajstić information content (AvgIpc) is 3.66. The molecule has 8 aromatic carbocycles. The maximum absolute atomic E-state index is 6.87. The third-order valence-electron chi connectivity index (χ3n) is 9.57. The van der Waals surface area contributed by atoms with Gasteiger partial charge in [0.05, 0.1) is 11.0 Å². The zero-order valence-corrected chi connectivity index (χ0v) is 24.9. The second-order valence-electron chi connectivity index (χ2n) is 12.0. The van der Waals surface area contributed by atoms with Gasteiger partial charge in [-0.15, -0.1) is 0 Å². The second-order valence-corrected chi connectivity index (χ2v) is 12.0. The molecule has 0 aliphatic heterocycles. The smallest absolute Gasteiger partial charge is 0.144 e. The highest BCUT2D eigenvalue weighted by Gasteiger charge is 2.23. The maximum atomic E-state index is 6.87. The van der Waals surface area contributed by atoms with Crippen LogP contribution in [0.2, 0.25) is 0 Å². The van der Waals surface area contributed by atoms with Crippen molar-refractivity contribution in [2.45, 2.75) is 0 Å². The lowest BCUT2D eigenvalue weighted by molar-refractivity contribution is 0.670. The number of nitrogens with zero attached hydrogens (tertiary/aromatic N) is 1. The Kier molecular flexibility index (Phi) is 5.31. The first kappa shape index (κ1) is 25.2. The van der Waals surface area contributed by atoms with E-state index in [1.165, 1.54) is 60.0 Å². The molecule has 2 heteroatoms. The molecule has 10 aromatic rings. The third-order valence-corrected chi connectivity index (χ3v) is 9.57. The van der Waals surface area contributed by atoms with Crippen molar-refractivity contribution in [1.29, 1.82) is 0 Å². The first-order valence-corrected chi connectivity index (χ1v) is 15.8. The number of fused-ring (bicyclic) bond motifs is 8. The van der Waals surface area contributed by atoms with Gasteiger partial charge in [-0.05, 0) is 69.1 Å². The molecule has 0 N–H and O–H groups in total. The van der Waals surface area contributed by atoms with Crippen LogP contribution >= 0.6 is 0 Å². The van der Waals surface area contributed by atoms with E-state index in [-0.39, 0.29) is 0 Å². The predicted octanol–water partition coefficient (Wildman–Crippen LogP) is 12.3. The number of benzene rings is 8. The highest BCUT2D eigenvalue weighted by atomic mass is 16.3. The molecule has 46 heavy (non-hydrogen) atoms. The van der Waals surface area contributed by atoms with E-state index in [1.54, 1.807) is 0 Å². The van der Waals surface area contributed by atoms with E-state index in [2.05, 4.69) is 168 Å². The maximum Gasteiger partial charge on any atom is 0.144 e. The Morgan fingerprint density at radius 2 is 1.04 bits per heavy atom. The van der Waals surface area contributed by atoms with Gasteiger partial charge in [0.1, 0.15) is 11.2 Å². The fourth-order valence-corrected chi connectivity index (χ4v) is 7.64. The highest BCUT2D eigenvalue weighted by molar-refractivity contribution is 6.28. The molecule has 0 unspecified atom stereocenters. The van der Waals surface area contributed by atoms with Crippen LogP contribution in [0.3, 0.4) is 0 Å². The zero-order chi connectivity index (χ0) is 30.2. The van der Waals surface area contributed by atoms with Crippen LogP contribution in [-0.2, 0) is 0 Å². The number of hydrogen-bond acceptors (Lipinski definition) is 1. The van der Waals surface area contributed by atoms with E-state index in [0.29, 0.717) is 0 Å². The predicted molar refractivity (Wildman–Crippen MR) is 194 cm³/mol. The van der Waals surface area contributed by atoms with Crippen LogP contribution < -0.4 is 0 Å². The molecule has 0 bridgehead atoms. The summed E-state index contributed by atoms with van der Waals surface area (Å²) in [5, 5.41) is 9.61. The summed E-state index contributed by atoms with van der Waals surface area (Å²) in [5.74, 6) is 0. The topological polar surface area (TPSA) is 18.1 Å². The van der Waals surface area contributed by atoms with Gasteiger partial charge in [-0.2, -0.15) is 0 Å². The summed E-state index contributed by atoms with van der Waals surface area (Å²) in [6.45, 7) is 0. The summed E-state index contributed by atoms with van der Waals surface area (Å²) in [6.07, 6.45) is 0. The highest BCUT2D eigenvalue weighted by Crippen LogP contribution is 2.49. The van der Waals surface area contributed by atoms with Crippen LogP contribution in [0.5, 0.6) is 0 Å². The molecule has 0 amide bonds. The monoisotopic (exact) mass is 585 g/mol. The van der Waals surface area contributed by atoms with Crippen LogP contribution in [0.15, 0.2) is 168 Å². The first-order valence-electron chi connectivity index (χ1n) is 15.8. The van der Waals surface area contributed by atoms with Gasteiger partial charge in [-0.1, -0.05) is 127 Å². The van der Waals surface area contributed by atoms with Crippen molar-refractivity contribution in [3.05, 3.63) is 164 Å². The molecule has 0 aliphatic rings. The van der Waals surface area contributed by atoms with E-state index >= 15 is 0 Å². The Balaban J connectivity index is 1.36. The molecule has 2 aromatic heterocycles. The van der Waals surface area contributed by atoms with E-state index in [9.17, 15) is 0 Å². The molecular weight excluding hydrogens is 558 g/mol. The molecule has 0 spiro atoms. The summed E-state index contributed by atoms with van der Waals surface area (Å²) in [7, 11) is 0. The number of aromatic nitrogens is 1. The Hall–Kier alpha value is -6.12. The zero-order valence-electron chi connectivity index (χ0n) is 24.9. The largest absolute Gasteiger partial charge is 0.455 e. The Labute approximate surface area is 265 Å². The third kappa shape index (κ3) is 3.53. The molecule has 0 aliphatic carbocycles. The summed E-state index contributed by atoms with van der Waals surface area (Å²) < 4.78 is 9.25. The Bertz CT molecular complexity index is 2790. The number of para-hydroxylation sites is 3. The van der Waals surface area contributed by atoms with Gasteiger partial charge in [-0.3, -0.25) is 0 Å².